The van der Waals surface area contributed by atoms with E-state index in [1.54, 1.807) is 0 Å². The molecule has 3 aromatic rings. The average molecular weight is 361 g/mol. The van der Waals surface area contributed by atoms with Crippen LogP contribution in [0.5, 0.6) is 0 Å². The first-order valence-electron chi connectivity index (χ1n) is 7.68. The van der Waals surface area contributed by atoms with Crippen molar-refractivity contribution in [2.45, 2.75) is 23.8 Å². The maximum absolute atomic E-state index is 12.3. The summed E-state index contributed by atoms with van der Waals surface area (Å²) < 4.78 is 5.22. The minimum atomic E-state index is -0.369. The molecule has 0 fully saturated rings. The molecule has 0 spiro atoms. The van der Waals surface area contributed by atoms with Crippen LogP contribution in [0.4, 0.5) is 0 Å². The van der Waals surface area contributed by atoms with Crippen molar-refractivity contribution in [3.8, 4) is 0 Å². The number of thioether (sulfide) groups is 1. The number of aromatic amines is 1. The second-order valence-electron chi connectivity index (χ2n) is 5.25. The number of nitrogens with zero attached hydrogens (tertiary/aromatic N) is 1. The van der Waals surface area contributed by atoms with E-state index >= 15 is 0 Å². The molecule has 6 heteroatoms. The Hall–Kier alpha value is -1.98. The van der Waals surface area contributed by atoms with Crippen molar-refractivity contribution in [2.24, 2.45) is 0 Å². The fourth-order valence-electron chi connectivity index (χ4n) is 2.36. The molecule has 124 valence electrons. The van der Waals surface area contributed by atoms with Gasteiger partial charge in [-0.15, -0.1) is 0 Å². The third-order valence-corrected chi connectivity index (χ3v) is 4.82. The lowest BCUT2D eigenvalue weighted by molar-refractivity contribution is -0.142. The molecule has 1 N–H and O–H groups in total. The van der Waals surface area contributed by atoms with E-state index in [1.165, 1.54) is 11.8 Å². The number of rotatable bonds is 6. The predicted molar refractivity (Wildman–Crippen MR) is 97.5 cm³/mol. The van der Waals surface area contributed by atoms with Gasteiger partial charge in [0.15, 0.2) is 5.16 Å². The smallest absolute Gasteiger partial charge is 0.319 e. The minimum Gasteiger partial charge on any atom is -0.465 e. The molecule has 0 radical (unpaired) electrons. The van der Waals surface area contributed by atoms with Crippen molar-refractivity contribution >= 4 is 40.4 Å². The molecule has 0 aliphatic rings. The van der Waals surface area contributed by atoms with Gasteiger partial charge in [-0.2, -0.15) is 0 Å². The zero-order valence-corrected chi connectivity index (χ0v) is 14.7. The van der Waals surface area contributed by atoms with Gasteiger partial charge in [0.25, 0.3) is 0 Å². The Morgan fingerprint density at radius 3 is 2.71 bits per heavy atom. The van der Waals surface area contributed by atoms with Gasteiger partial charge in [-0.25, -0.2) is 4.98 Å². The number of fused-ring (bicyclic) bond motifs is 1. The molecular formula is C18H17ClN2O2S. The SMILES string of the molecule is CCOC(=O)[C@H](Cc1ccc(Cl)cc1)Sc1nc2ccccc2[nH]1. The van der Waals surface area contributed by atoms with Crippen LogP contribution in [-0.4, -0.2) is 27.8 Å². The number of carbonyl (C=O) groups is 1. The summed E-state index contributed by atoms with van der Waals surface area (Å²) in [6.45, 7) is 2.17. The highest BCUT2D eigenvalue weighted by Gasteiger charge is 2.23. The first kappa shape index (κ1) is 16.9. The zero-order valence-electron chi connectivity index (χ0n) is 13.2. The van der Waals surface area contributed by atoms with E-state index < -0.39 is 0 Å². The summed E-state index contributed by atoms with van der Waals surface area (Å²) in [7, 11) is 0. The van der Waals surface area contributed by atoms with Crippen molar-refractivity contribution in [1.29, 1.82) is 0 Å². The van der Waals surface area contributed by atoms with Gasteiger partial charge in [0, 0.05) is 5.02 Å². The predicted octanol–water partition coefficient (Wildman–Crippen LogP) is 4.48. The molecule has 0 saturated heterocycles. The van der Waals surface area contributed by atoms with Gasteiger partial charge in [0.05, 0.1) is 17.6 Å². The fourth-order valence-corrected chi connectivity index (χ4v) is 3.52. The number of imidazole rings is 1. The van der Waals surface area contributed by atoms with Gasteiger partial charge < -0.3 is 9.72 Å². The van der Waals surface area contributed by atoms with E-state index in [-0.39, 0.29) is 11.2 Å². The number of ether oxygens (including phenoxy) is 1. The Labute approximate surface area is 149 Å². The van der Waals surface area contributed by atoms with Crippen LogP contribution in [0.3, 0.4) is 0 Å². The van der Waals surface area contributed by atoms with Crippen LogP contribution in [0.25, 0.3) is 11.0 Å². The summed E-state index contributed by atoms with van der Waals surface area (Å²) in [5, 5.41) is 1.02. The van der Waals surface area contributed by atoms with Gasteiger partial charge in [-0.05, 0) is 43.2 Å². The Morgan fingerprint density at radius 1 is 1.25 bits per heavy atom. The Morgan fingerprint density at radius 2 is 2.00 bits per heavy atom. The monoisotopic (exact) mass is 360 g/mol. The average Bonchev–Trinajstić information content (AvgIpc) is 2.99. The number of carbonyl (C=O) groups excluding carboxylic acids is 1. The molecule has 3 rings (SSSR count). The van der Waals surface area contributed by atoms with Crippen LogP contribution < -0.4 is 0 Å². The van der Waals surface area contributed by atoms with Gasteiger partial charge in [-0.3, -0.25) is 4.79 Å². The summed E-state index contributed by atoms with van der Waals surface area (Å²) in [5.74, 6) is -0.238. The van der Waals surface area contributed by atoms with Crippen LogP contribution in [0.2, 0.25) is 5.02 Å². The number of para-hydroxylation sites is 2. The molecule has 0 saturated carbocycles. The summed E-state index contributed by atoms with van der Waals surface area (Å²) in [4.78, 5) is 20.1. The molecule has 2 aromatic carbocycles. The van der Waals surface area contributed by atoms with Crippen LogP contribution >= 0.6 is 23.4 Å². The standard InChI is InChI=1S/C18H17ClN2O2S/c1-2-23-17(22)16(11-12-7-9-13(19)10-8-12)24-18-20-14-5-3-4-6-15(14)21-18/h3-10,16H,2,11H2,1H3,(H,20,21)/t16-/m0/s1. The highest BCUT2D eigenvalue weighted by atomic mass is 35.5. The van der Waals surface area contributed by atoms with E-state index in [0.29, 0.717) is 23.2 Å². The van der Waals surface area contributed by atoms with Gasteiger partial charge >= 0.3 is 5.97 Å². The lowest BCUT2D eigenvalue weighted by Crippen LogP contribution is -2.23. The Bertz CT molecular complexity index is 799. The second-order valence-corrected chi connectivity index (χ2v) is 6.88. The van der Waals surface area contributed by atoms with Crippen molar-refractivity contribution in [3.05, 3.63) is 59.1 Å². The van der Waals surface area contributed by atoms with Crippen molar-refractivity contribution in [1.82, 2.24) is 9.97 Å². The largest absolute Gasteiger partial charge is 0.465 e. The Balaban J connectivity index is 1.81. The number of aromatic nitrogens is 2. The summed E-state index contributed by atoms with van der Waals surface area (Å²) in [5.41, 5.74) is 2.87. The third kappa shape index (κ3) is 4.10. The quantitative estimate of drug-likeness (QED) is 0.520. The van der Waals surface area contributed by atoms with E-state index in [4.69, 9.17) is 16.3 Å². The zero-order chi connectivity index (χ0) is 16.9. The Kier molecular flexibility index (Phi) is 5.43. The van der Waals surface area contributed by atoms with Crippen molar-refractivity contribution in [2.75, 3.05) is 6.61 Å². The highest BCUT2D eigenvalue weighted by molar-refractivity contribution is 8.00. The van der Waals surface area contributed by atoms with Crippen LogP contribution in [-0.2, 0) is 16.0 Å². The first-order valence-corrected chi connectivity index (χ1v) is 8.94. The van der Waals surface area contributed by atoms with Crippen LogP contribution in [0, 0.1) is 0 Å². The number of hydrogen-bond acceptors (Lipinski definition) is 4. The summed E-state index contributed by atoms with van der Waals surface area (Å²) in [6, 6.07) is 15.3. The molecule has 0 unspecified atom stereocenters. The summed E-state index contributed by atoms with van der Waals surface area (Å²) in [6.07, 6.45) is 0.553. The molecule has 1 atom stereocenters. The van der Waals surface area contributed by atoms with Crippen molar-refractivity contribution < 1.29 is 9.53 Å². The second kappa shape index (κ2) is 7.73. The lowest BCUT2D eigenvalue weighted by atomic mass is 10.1. The molecular weight excluding hydrogens is 344 g/mol. The molecule has 1 aromatic heterocycles. The van der Waals surface area contributed by atoms with E-state index in [1.807, 2.05) is 55.5 Å². The molecule has 24 heavy (non-hydrogen) atoms. The number of halogens is 1. The van der Waals surface area contributed by atoms with Crippen molar-refractivity contribution in [3.63, 3.8) is 0 Å². The fraction of sp³-hybridized carbons (Fsp3) is 0.222. The van der Waals surface area contributed by atoms with Gasteiger partial charge in [0.2, 0.25) is 0 Å². The third-order valence-electron chi connectivity index (χ3n) is 3.51. The number of nitrogens with one attached hydrogen (secondary N) is 1. The maximum Gasteiger partial charge on any atom is 0.319 e. The van der Waals surface area contributed by atoms with Crippen LogP contribution in [0.1, 0.15) is 12.5 Å². The lowest BCUT2D eigenvalue weighted by Gasteiger charge is -2.14. The highest BCUT2D eigenvalue weighted by Crippen LogP contribution is 2.27. The normalized spacial score (nSPS) is 12.2. The molecule has 0 aliphatic heterocycles. The molecule has 0 amide bonds. The van der Waals surface area contributed by atoms with E-state index in [0.717, 1.165) is 16.6 Å². The first-order chi connectivity index (χ1) is 11.7. The number of benzene rings is 2. The maximum atomic E-state index is 12.3. The summed E-state index contributed by atoms with van der Waals surface area (Å²) >= 11 is 7.31. The number of H-pyrrole nitrogens is 1. The van der Waals surface area contributed by atoms with Gasteiger partial charge in [-0.1, -0.05) is 47.6 Å². The molecule has 4 nitrogen and oxygen atoms in total. The number of hydrogen-bond donors (Lipinski definition) is 1. The van der Waals surface area contributed by atoms with Gasteiger partial charge in [0.1, 0.15) is 5.25 Å². The van der Waals surface area contributed by atoms with E-state index in [9.17, 15) is 4.79 Å². The molecule has 0 aliphatic carbocycles. The molecule has 1 heterocycles. The van der Waals surface area contributed by atoms with Crippen LogP contribution in [0.15, 0.2) is 53.7 Å². The topological polar surface area (TPSA) is 55.0 Å². The minimum absolute atomic E-state index is 0.238. The molecule has 0 bridgehead atoms. The van der Waals surface area contributed by atoms with E-state index in [2.05, 4.69) is 9.97 Å². The number of esters is 1.